The standard InChI is InChI=1S/C27H27FN4O4/c1-18-13-31(17-29-18)22-8-3-19(11-23(22)34-2)12-24-25-30-35-16-27(15-33,20-4-6-21(28)7-5-20)32(25)14-26(36-24)9-10-26/h3-8,11-13,17,33H,9-10,14-16H2,1-2H3. The van der Waals surface area contributed by atoms with Gasteiger partial charge in [-0.05, 0) is 61.2 Å². The number of oxime groups is 1. The maximum absolute atomic E-state index is 13.7. The number of rotatable bonds is 5. The van der Waals surface area contributed by atoms with Gasteiger partial charge in [-0.2, -0.15) is 0 Å². The summed E-state index contributed by atoms with van der Waals surface area (Å²) in [6.07, 6.45) is 7.41. The summed E-state index contributed by atoms with van der Waals surface area (Å²) in [5.41, 5.74) is 2.17. The number of nitrogens with zero attached hydrogens (tertiary/aromatic N) is 4. The van der Waals surface area contributed by atoms with Gasteiger partial charge in [-0.3, -0.25) is 0 Å². The second-order valence-corrected chi connectivity index (χ2v) is 9.62. The molecule has 1 aromatic heterocycles. The zero-order valence-corrected chi connectivity index (χ0v) is 20.1. The van der Waals surface area contributed by atoms with Crippen LogP contribution in [0.15, 0.2) is 65.9 Å². The number of aryl methyl sites for hydroxylation is 1. The lowest BCUT2D eigenvalue weighted by Gasteiger charge is -2.50. The minimum absolute atomic E-state index is 0.148. The highest BCUT2D eigenvalue weighted by molar-refractivity contribution is 6.01. The van der Waals surface area contributed by atoms with Crippen molar-refractivity contribution >= 4 is 11.9 Å². The highest BCUT2D eigenvalue weighted by Crippen LogP contribution is 2.49. The molecule has 1 unspecified atom stereocenters. The first-order valence-corrected chi connectivity index (χ1v) is 11.9. The smallest absolute Gasteiger partial charge is 0.211 e. The molecule has 0 amide bonds. The number of fused-ring (bicyclic) bond motifs is 1. The first kappa shape index (κ1) is 22.6. The first-order valence-electron chi connectivity index (χ1n) is 11.9. The van der Waals surface area contributed by atoms with Gasteiger partial charge in [0.1, 0.15) is 29.3 Å². The average molecular weight is 491 g/mol. The van der Waals surface area contributed by atoms with Crippen LogP contribution in [0.2, 0.25) is 0 Å². The van der Waals surface area contributed by atoms with Gasteiger partial charge in [-0.25, -0.2) is 9.37 Å². The summed E-state index contributed by atoms with van der Waals surface area (Å²) in [6, 6.07) is 12.1. The number of methoxy groups -OCH3 is 1. The van der Waals surface area contributed by atoms with Crippen molar-refractivity contribution in [3.63, 3.8) is 0 Å². The molecule has 2 aliphatic heterocycles. The SMILES string of the molecule is COc1cc(C=C2OC3(CC3)CN3C2=NOCC3(CO)c2ccc(F)cc2)ccc1-n1cnc(C)c1. The van der Waals surface area contributed by atoms with Crippen LogP contribution in [0.25, 0.3) is 11.8 Å². The lowest BCUT2D eigenvalue weighted by molar-refractivity contribution is -0.0722. The van der Waals surface area contributed by atoms with Gasteiger partial charge in [0.15, 0.2) is 5.76 Å². The number of amidine groups is 1. The van der Waals surface area contributed by atoms with Crippen LogP contribution in [-0.4, -0.2) is 57.9 Å². The van der Waals surface area contributed by atoms with Gasteiger partial charge in [-0.15, -0.1) is 0 Å². The van der Waals surface area contributed by atoms with Crippen LogP contribution in [-0.2, 0) is 15.1 Å². The van der Waals surface area contributed by atoms with Crippen molar-refractivity contribution in [2.24, 2.45) is 5.16 Å². The van der Waals surface area contributed by atoms with Gasteiger partial charge in [0.05, 0.1) is 38.0 Å². The van der Waals surface area contributed by atoms with Crippen molar-refractivity contribution in [3.05, 3.63) is 83.4 Å². The third-order valence-electron chi connectivity index (χ3n) is 7.16. The summed E-state index contributed by atoms with van der Waals surface area (Å²) >= 11 is 0. The van der Waals surface area contributed by atoms with E-state index in [0.29, 0.717) is 23.9 Å². The maximum Gasteiger partial charge on any atom is 0.211 e. The summed E-state index contributed by atoms with van der Waals surface area (Å²) in [6.45, 7) is 2.43. The molecule has 3 heterocycles. The molecule has 1 atom stereocenters. The van der Waals surface area contributed by atoms with E-state index in [1.165, 1.54) is 12.1 Å². The molecule has 0 radical (unpaired) electrons. The molecule has 0 bridgehead atoms. The zero-order chi connectivity index (χ0) is 24.9. The molecule has 1 aliphatic carbocycles. The van der Waals surface area contributed by atoms with Gasteiger partial charge < -0.3 is 28.9 Å². The highest BCUT2D eigenvalue weighted by atomic mass is 19.1. The number of hydrogen-bond donors (Lipinski definition) is 1. The largest absolute Gasteiger partial charge is 0.495 e. The lowest BCUT2D eigenvalue weighted by atomic mass is 9.87. The second-order valence-electron chi connectivity index (χ2n) is 9.62. The topological polar surface area (TPSA) is 81.3 Å². The summed E-state index contributed by atoms with van der Waals surface area (Å²) in [7, 11) is 1.63. The van der Waals surface area contributed by atoms with Crippen molar-refractivity contribution in [1.29, 1.82) is 0 Å². The van der Waals surface area contributed by atoms with Gasteiger partial charge in [0, 0.05) is 6.20 Å². The van der Waals surface area contributed by atoms with Crippen LogP contribution in [0.5, 0.6) is 5.75 Å². The molecule has 186 valence electrons. The quantitative estimate of drug-likeness (QED) is 0.587. The number of hydrogen-bond acceptors (Lipinski definition) is 7. The van der Waals surface area contributed by atoms with Gasteiger partial charge in [0.25, 0.3) is 0 Å². The summed E-state index contributed by atoms with van der Waals surface area (Å²) in [5, 5.41) is 15.0. The summed E-state index contributed by atoms with van der Waals surface area (Å²) < 4.78 is 27.7. The Morgan fingerprint density at radius 2 is 2.00 bits per heavy atom. The Labute approximate surface area is 208 Å². The Hall–Kier alpha value is -3.85. The average Bonchev–Trinajstić information content (AvgIpc) is 3.49. The van der Waals surface area contributed by atoms with Gasteiger partial charge in [0.2, 0.25) is 5.84 Å². The lowest BCUT2D eigenvalue weighted by Crippen LogP contribution is -2.62. The molecule has 36 heavy (non-hydrogen) atoms. The van der Waals surface area contributed by atoms with Crippen molar-refractivity contribution < 1.29 is 23.8 Å². The van der Waals surface area contributed by atoms with E-state index in [4.69, 9.17) is 14.3 Å². The number of morpholine rings is 1. The van der Waals surface area contributed by atoms with Crippen LogP contribution in [0, 0.1) is 12.7 Å². The van der Waals surface area contributed by atoms with Gasteiger partial charge in [-0.1, -0.05) is 23.4 Å². The van der Waals surface area contributed by atoms with Crippen molar-refractivity contribution in [3.8, 4) is 11.4 Å². The number of halogens is 1. The normalized spacial score (nSPS) is 23.1. The fourth-order valence-electron chi connectivity index (χ4n) is 4.95. The molecule has 3 aromatic rings. The molecule has 2 fully saturated rings. The molecule has 2 aromatic carbocycles. The number of imidazole rings is 1. The second kappa shape index (κ2) is 8.37. The molecule has 1 saturated heterocycles. The number of ether oxygens (including phenoxy) is 2. The van der Waals surface area contributed by atoms with E-state index in [-0.39, 0.29) is 24.6 Å². The third-order valence-corrected chi connectivity index (χ3v) is 7.16. The Kier molecular flexibility index (Phi) is 5.26. The third kappa shape index (κ3) is 3.71. The van der Waals surface area contributed by atoms with E-state index in [9.17, 15) is 9.50 Å². The van der Waals surface area contributed by atoms with Crippen LogP contribution < -0.4 is 4.74 Å². The van der Waals surface area contributed by atoms with Crippen molar-refractivity contribution in [2.75, 3.05) is 26.9 Å². The Balaban J connectivity index is 1.40. The van der Waals surface area contributed by atoms with E-state index in [1.54, 1.807) is 25.6 Å². The van der Waals surface area contributed by atoms with Crippen LogP contribution in [0.4, 0.5) is 4.39 Å². The fourth-order valence-corrected chi connectivity index (χ4v) is 4.95. The fraction of sp³-hybridized carbons (Fsp3) is 0.333. The molecule has 3 aliphatic rings. The first-order chi connectivity index (χ1) is 17.4. The van der Waals surface area contributed by atoms with Crippen LogP contribution in [0.1, 0.15) is 29.7 Å². The summed E-state index contributed by atoms with van der Waals surface area (Å²) in [5.74, 6) is 1.42. The summed E-state index contributed by atoms with van der Waals surface area (Å²) in [4.78, 5) is 12.0. The van der Waals surface area contributed by atoms with E-state index >= 15 is 0 Å². The predicted octanol–water partition coefficient (Wildman–Crippen LogP) is 3.77. The molecule has 9 heteroatoms. The molecular formula is C27H27FN4O4. The van der Waals surface area contributed by atoms with E-state index in [2.05, 4.69) is 15.0 Å². The number of aliphatic hydroxyl groups excluding tert-OH is 1. The highest BCUT2D eigenvalue weighted by Gasteiger charge is 2.57. The number of aromatic nitrogens is 2. The minimum Gasteiger partial charge on any atom is -0.495 e. The molecule has 1 spiro atoms. The predicted molar refractivity (Wildman–Crippen MR) is 131 cm³/mol. The Bertz CT molecular complexity index is 1360. The molecular weight excluding hydrogens is 463 g/mol. The van der Waals surface area contributed by atoms with Crippen LogP contribution >= 0.6 is 0 Å². The monoisotopic (exact) mass is 490 g/mol. The number of aliphatic hydroxyl groups is 1. The molecule has 6 rings (SSSR count). The zero-order valence-electron chi connectivity index (χ0n) is 20.1. The van der Waals surface area contributed by atoms with Gasteiger partial charge >= 0.3 is 0 Å². The van der Waals surface area contributed by atoms with Crippen molar-refractivity contribution in [1.82, 2.24) is 14.5 Å². The Morgan fingerprint density at radius 3 is 2.67 bits per heavy atom. The van der Waals surface area contributed by atoms with E-state index < -0.39 is 5.54 Å². The Morgan fingerprint density at radius 1 is 1.19 bits per heavy atom. The molecule has 1 N–H and O–H groups in total. The number of benzene rings is 2. The van der Waals surface area contributed by atoms with Crippen molar-refractivity contribution in [2.45, 2.75) is 30.9 Å². The maximum atomic E-state index is 13.7. The molecule has 1 saturated carbocycles. The van der Waals surface area contributed by atoms with Crippen LogP contribution in [0.3, 0.4) is 0 Å². The molecule has 8 nitrogen and oxygen atoms in total. The minimum atomic E-state index is -0.899. The van der Waals surface area contributed by atoms with E-state index in [1.807, 2.05) is 42.0 Å². The van der Waals surface area contributed by atoms with E-state index in [0.717, 1.165) is 35.3 Å².